The summed E-state index contributed by atoms with van der Waals surface area (Å²) in [7, 11) is -3.85. The molecule has 0 aliphatic carbocycles. The van der Waals surface area contributed by atoms with E-state index in [0.29, 0.717) is 15.6 Å². The number of carbonyl (C=O) groups is 1. The molecular formula is C12H15BrN2O3S. The number of hydrogen-bond acceptors (Lipinski definition) is 3. The van der Waals surface area contributed by atoms with Crippen molar-refractivity contribution in [3.63, 3.8) is 0 Å². The van der Waals surface area contributed by atoms with Crippen molar-refractivity contribution in [1.82, 2.24) is 4.90 Å². The van der Waals surface area contributed by atoms with Gasteiger partial charge in [-0.3, -0.25) is 4.79 Å². The average molecular weight is 347 g/mol. The normalized spacial score (nSPS) is 15.8. The molecule has 104 valence electrons. The third-order valence-electron chi connectivity index (χ3n) is 3.17. The van der Waals surface area contributed by atoms with Crippen LogP contribution in [0.5, 0.6) is 0 Å². The Kier molecular flexibility index (Phi) is 3.98. The molecule has 0 bridgehead atoms. The molecule has 1 aliphatic rings. The van der Waals surface area contributed by atoms with Crippen LogP contribution in [0.15, 0.2) is 21.5 Å². The van der Waals surface area contributed by atoms with Crippen molar-refractivity contribution in [2.75, 3.05) is 13.1 Å². The fraction of sp³-hybridized carbons (Fsp3) is 0.417. The van der Waals surface area contributed by atoms with E-state index in [1.54, 1.807) is 17.9 Å². The van der Waals surface area contributed by atoms with Gasteiger partial charge in [0.2, 0.25) is 10.0 Å². The number of aryl methyl sites for hydroxylation is 1. The molecule has 1 aromatic carbocycles. The molecule has 0 unspecified atom stereocenters. The predicted octanol–water partition coefficient (Wildman–Crippen LogP) is 1.64. The van der Waals surface area contributed by atoms with Crippen LogP contribution in [-0.2, 0) is 10.0 Å². The Morgan fingerprint density at radius 1 is 1.32 bits per heavy atom. The van der Waals surface area contributed by atoms with Crippen LogP contribution in [-0.4, -0.2) is 32.3 Å². The highest BCUT2D eigenvalue weighted by molar-refractivity contribution is 9.10. The third kappa shape index (κ3) is 2.98. The van der Waals surface area contributed by atoms with Crippen molar-refractivity contribution in [2.24, 2.45) is 5.14 Å². The second-order valence-corrected chi connectivity index (χ2v) is 6.97. The van der Waals surface area contributed by atoms with Crippen LogP contribution >= 0.6 is 15.9 Å². The van der Waals surface area contributed by atoms with Crippen LogP contribution in [0.25, 0.3) is 0 Å². The quantitative estimate of drug-likeness (QED) is 0.883. The number of halogens is 1. The first-order chi connectivity index (χ1) is 8.80. The summed E-state index contributed by atoms with van der Waals surface area (Å²) in [5.41, 5.74) is 1.04. The molecule has 7 heteroatoms. The summed E-state index contributed by atoms with van der Waals surface area (Å²) in [5.74, 6) is -0.141. The molecule has 0 saturated carbocycles. The standard InChI is InChI=1S/C12H15BrN2O3S/c1-8-6-9(12(16)15-4-2-3-5-15)7-10(11(8)13)19(14,17)18/h6-7H,2-5H2,1H3,(H2,14,17,18). The molecule has 2 rings (SSSR count). The van der Waals surface area contributed by atoms with Gasteiger partial charge in [0, 0.05) is 23.1 Å². The van der Waals surface area contributed by atoms with E-state index < -0.39 is 10.0 Å². The highest BCUT2D eigenvalue weighted by Crippen LogP contribution is 2.27. The summed E-state index contributed by atoms with van der Waals surface area (Å²) in [4.78, 5) is 14.0. The summed E-state index contributed by atoms with van der Waals surface area (Å²) in [6.07, 6.45) is 1.98. The van der Waals surface area contributed by atoms with Gasteiger partial charge in [-0.25, -0.2) is 13.6 Å². The summed E-state index contributed by atoms with van der Waals surface area (Å²) in [5, 5.41) is 5.17. The smallest absolute Gasteiger partial charge is 0.253 e. The van der Waals surface area contributed by atoms with Gasteiger partial charge in [0.05, 0.1) is 4.90 Å². The van der Waals surface area contributed by atoms with Crippen molar-refractivity contribution >= 4 is 31.9 Å². The van der Waals surface area contributed by atoms with Gasteiger partial charge in [0.1, 0.15) is 0 Å². The van der Waals surface area contributed by atoms with E-state index in [9.17, 15) is 13.2 Å². The highest BCUT2D eigenvalue weighted by atomic mass is 79.9. The van der Waals surface area contributed by atoms with Gasteiger partial charge >= 0.3 is 0 Å². The van der Waals surface area contributed by atoms with Crippen LogP contribution in [0.2, 0.25) is 0 Å². The van der Waals surface area contributed by atoms with Gasteiger partial charge in [0.25, 0.3) is 5.91 Å². The minimum absolute atomic E-state index is 0.0463. The van der Waals surface area contributed by atoms with Gasteiger partial charge in [-0.1, -0.05) is 0 Å². The van der Waals surface area contributed by atoms with Crippen LogP contribution in [0.4, 0.5) is 0 Å². The minimum atomic E-state index is -3.85. The molecule has 1 saturated heterocycles. The first kappa shape index (κ1) is 14.5. The monoisotopic (exact) mass is 346 g/mol. The lowest BCUT2D eigenvalue weighted by molar-refractivity contribution is 0.0792. The fourth-order valence-corrected chi connectivity index (χ4v) is 3.78. The molecular weight excluding hydrogens is 332 g/mol. The molecule has 0 aromatic heterocycles. The number of hydrogen-bond donors (Lipinski definition) is 1. The Labute approximate surface area is 121 Å². The molecule has 1 aliphatic heterocycles. The van der Waals surface area contributed by atoms with Crippen molar-refractivity contribution in [3.8, 4) is 0 Å². The largest absolute Gasteiger partial charge is 0.339 e. The molecule has 0 atom stereocenters. The summed E-state index contributed by atoms with van der Waals surface area (Å²) < 4.78 is 23.5. The summed E-state index contributed by atoms with van der Waals surface area (Å²) >= 11 is 3.20. The molecule has 0 spiro atoms. The zero-order chi connectivity index (χ0) is 14.2. The number of nitrogens with zero attached hydrogens (tertiary/aromatic N) is 1. The van der Waals surface area contributed by atoms with E-state index in [1.807, 2.05) is 0 Å². The molecule has 1 amide bonds. The Hall–Kier alpha value is -0.920. The van der Waals surface area contributed by atoms with E-state index >= 15 is 0 Å². The van der Waals surface area contributed by atoms with Crippen molar-refractivity contribution < 1.29 is 13.2 Å². The summed E-state index contributed by atoms with van der Waals surface area (Å²) in [6.45, 7) is 3.18. The SMILES string of the molecule is Cc1cc(C(=O)N2CCCC2)cc(S(N)(=O)=O)c1Br. The molecule has 2 N–H and O–H groups in total. The van der Waals surface area contributed by atoms with Crippen LogP contribution in [0.3, 0.4) is 0 Å². The fourth-order valence-electron chi connectivity index (χ4n) is 2.17. The predicted molar refractivity (Wildman–Crippen MR) is 75.4 cm³/mol. The maximum absolute atomic E-state index is 12.3. The Balaban J connectivity index is 2.48. The number of carbonyl (C=O) groups excluding carboxylic acids is 1. The van der Waals surface area contributed by atoms with E-state index in [1.165, 1.54) is 6.07 Å². The Morgan fingerprint density at radius 2 is 1.89 bits per heavy atom. The number of primary sulfonamides is 1. The first-order valence-electron chi connectivity index (χ1n) is 5.93. The zero-order valence-electron chi connectivity index (χ0n) is 10.5. The Morgan fingerprint density at radius 3 is 2.42 bits per heavy atom. The van der Waals surface area contributed by atoms with Crippen LogP contribution in [0, 0.1) is 6.92 Å². The van der Waals surface area contributed by atoms with Gasteiger partial charge in [-0.15, -0.1) is 0 Å². The van der Waals surface area contributed by atoms with E-state index in [4.69, 9.17) is 5.14 Å². The molecule has 1 heterocycles. The lowest BCUT2D eigenvalue weighted by Crippen LogP contribution is -2.28. The molecule has 19 heavy (non-hydrogen) atoms. The molecule has 1 fully saturated rings. The molecule has 0 radical (unpaired) electrons. The first-order valence-corrected chi connectivity index (χ1v) is 8.27. The number of rotatable bonds is 2. The maximum atomic E-state index is 12.3. The van der Waals surface area contributed by atoms with Crippen molar-refractivity contribution in [3.05, 3.63) is 27.7 Å². The number of benzene rings is 1. The van der Waals surface area contributed by atoms with E-state index in [-0.39, 0.29) is 10.8 Å². The van der Waals surface area contributed by atoms with Crippen LogP contribution in [0.1, 0.15) is 28.8 Å². The molecule has 1 aromatic rings. The highest BCUT2D eigenvalue weighted by Gasteiger charge is 2.23. The van der Waals surface area contributed by atoms with Crippen molar-refractivity contribution in [2.45, 2.75) is 24.7 Å². The number of amides is 1. The van der Waals surface area contributed by atoms with Gasteiger partial charge < -0.3 is 4.90 Å². The Bertz CT molecular complexity index is 622. The minimum Gasteiger partial charge on any atom is -0.339 e. The van der Waals surface area contributed by atoms with E-state index in [2.05, 4.69) is 15.9 Å². The number of likely N-dealkylation sites (tertiary alicyclic amines) is 1. The van der Waals surface area contributed by atoms with Crippen molar-refractivity contribution in [1.29, 1.82) is 0 Å². The zero-order valence-corrected chi connectivity index (χ0v) is 12.9. The number of nitrogens with two attached hydrogens (primary N) is 1. The van der Waals surface area contributed by atoms with Gasteiger partial charge in [0.15, 0.2) is 0 Å². The second-order valence-electron chi connectivity index (χ2n) is 4.65. The summed E-state index contributed by atoms with van der Waals surface area (Å²) in [6, 6.07) is 3.02. The van der Waals surface area contributed by atoms with Crippen LogP contribution < -0.4 is 5.14 Å². The maximum Gasteiger partial charge on any atom is 0.253 e. The third-order valence-corrected chi connectivity index (χ3v) is 5.42. The van der Waals surface area contributed by atoms with E-state index in [0.717, 1.165) is 25.9 Å². The van der Waals surface area contributed by atoms with Gasteiger partial charge in [-0.05, 0) is 53.4 Å². The second kappa shape index (κ2) is 5.22. The number of sulfonamides is 1. The average Bonchev–Trinajstić information content (AvgIpc) is 2.83. The lowest BCUT2D eigenvalue weighted by atomic mass is 10.1. The molecule has 5 nitrogen and oxygen atoms in total. The topological polar surface area (TPSA) is 80.5 Å². The lowest BCUT2D eigenvalue weighted by Gasteiger charge is -2.16. The van der Waals surface area contributed by atoms with Gasteiger partial charge in [-0.2, -0.15) is 0 Å².